The highest BCUT2D eigenvalue weighted by molar-refractivity contribution is 5.78. The van der Waals surface area contributed by atoms with Crippen molar-refractivity contribution in [1.82, 2.24) is 5.32 Å². The Labute approximate surface area is 82.1 Å². The molecule has 0 fully saturated rings. The first-order valence-electron chi connectivity index (χ1n) is 5.16. The van der Waals surface area contributed by atoms with Gasteiger partial charge in [0, 0.05) is 12.0 Å². The van der Waals surface area contributed by atoms with Crippen LogP contribution in [0.1, 0.15) is 41.5 Å². The lowest BCUT2D eigenvalue weighted by atomic mass is 9.93. The summed E-state index contributed by atoms with van der Waals surface area (Å²) in [7, 11) is 0. The van der Waals surface area contributed by atoms with Gasteiger partial charge in [-0.25, -0.2) is 0 Å². The molecule has 1 N–H and O–H groups in total. The monoisotopic (exact) mass is 185 g/mol. The van der Waals surface area contributed by atoms with E-state index < -0.39 is 0 Å². The van der Waals surface area contributed by atoms with Crippen LogP contribution in [-0.2, 0) is 4.79 Å². The summed E-state index contributed by atoms with van der Waals surface area (Å²) in [6.07, 6.45) is 0. The molecule has 0 spiro atoms. The maximum atomic E-state index is 11.5. The van der Waals surface area contributed by atoms with E-state index in [4.69, 9.17) is 0 Å². The zero-order valence-corrected chi connectivity index (χ0v) is 9.72. The summed E-state index contributed by atoms with van der Waals surface area (Å²) >= 11 is 0. The number of nitrogens with one attached hydrogen (secondary N) is 1. The average Bonchev–Trinajstić information content (AvgIpc) is 1.97. The van der Waals surface area contributed by atoms with Gasteiger partial charge in [0.25, 0.3) is 0 Å². The number of hydrogen-bond donors (Lipinski definition) is 1. The quantitative estimate of drug-likeness (QED) is 0.716. The van der Waals surface area contributed by atoms with Crippen LogP contribution in [-0.4, -0.2) is 11.9 Å². The third-order valence-electron chi connectivity index (χ3n) is 2.27. The van der Waals surface area contributed by atoms with Gasteiger partial charge in [-0.2, -0.15) is 0 Å². The second kappa shape index (κ2) is 5.25. The lowest BCUT2D eigenvalue weighted by Gasteiger charge is -2.26. The fraction of sp³-hybridized carbons (Fsp3) is 0.909. The summed E-state index contributed by atoms with van der Waals surface area (Å²) in [5, 5.41) is 3.08. The second-order valence-corrected chi connectivity index (χ2v) is 4.68. The van der Waals surface area contributed by atoms with Crippen molar-refractivity contribution in [1.29, 1.82) is 0 Å². The fourth-order valence-electron chi connectivity index (χ4n) is 1.43. The van der Waals surface area contributed by atoms with Gasteiger partial charge in [-0.15, -0.1) is 0 Å². The zero-order chi connectivity index (χ0) is 10.6. The fourth-order valence-corrected chi connectivity index (χ4v) is 1.43. The number of amides is 1. The minimum Gasteiger partial charge on any atom is -0.353 e. The Balaban J connectivity index is 4.19. The molecule has 0 heterocycles. The number of carbonyl (C=O) groups excluding carboxylic acids is 1. The molecule has 0 radical (unpaired) electrons. The van der Waals surface area contributed by atoms with Gasteiger partial charge < -0.3 is 5.32 Å². The molecule has 2 heteroatoms. The van der Waals surface area contributed by atoms with Crippen molar-refractivity contribution >= 4 is 5.91 Å². The molecule has 0 atom stereocenters. The van der Waals surface area contributed by atoms with E-state index in [-0.39, 0.29) is 11.8 Å². The van der Waals surface area contributed by atoms with Gasteiger partial charge in [-0.05, 0) is 11.8 Å². The first kappa shape index (κ1) is 12.5. The maximum absolute atomic E-state index is 11.5. The molecule has 0 aromatic carbocycles. The van der Waals surface area contributed by atoms with E-state index in [9.17, 15) is 4.79 Å². The normalized spacial score (nSPS) is 11.8. The largest absolute Gasteiger partial charge is 0.353 e. The molecule has 1 amide bonds. The Morgan fingerprint density at radius 3 is 1.54 bits per heavy atom. The highest BCUT2D eigenvalue weighted by Gasteiger charge is 2.20. The molecule has 0 aliphatic carbocycles. The summed E-state index contributed by atoms with van der Waals surface area (Å²) in [5.74, 6) is 1.25. The molecule has 0 bridgehead atoms. The minimum atomic E-state index is 0.0833. The Morgan fingerprint density at radius 2 is 1.31 bits per heavy atom. The van der Waals surface area contributed by atoms with Crippen LogP contribution < -0.4 is 5.32 Å². The Kier molecular flexibility index (Phi) is 5.04. The Morgan fingerprint density at radius 1 is 0.923 bits per heavy atom. The van der Waals surface area contributed by atoms with Crippen molar-refractivity contribution in [2.45, 2.75) is 47.6 Å². The van der Waals surface area contributed by atoms with Gasteiger partial charge in [0.05, 0.1) is 0 Å². The molecule has 13 heavy (non-hydrogen) atoms. The third-order valence-corrected chi connectivity index (χ3v) is 2.27. The Bertz CT molecular complexity index is 153. The van der Waals surface area contributed by atoms with Crippen LogP contribution in [0.3, 0.4) is 0 Å². The van der Waals surface area contributed by atoms with Crippen LogP contribution in [0.4, 0.5) is 0 Å². The van der Waals surface area contributed by atoms with Gasteiger partial charge in [0.15, 0.2) is 0 Å². The van der Waals surface area contributed by atoms with E-state index >= 15 is 0 Å². The minimum absolute atomic E-state index is 0.0833. The smallest absolute Gasteiger partial charge is 0.222 e. The van der Waals surface area contributed by atoms with Crippen molar-refractivity contribution in [2.24, 2.45) is 17.8 Å². The molecule has 0 unspecified atom stereocenters. The van der Waals surface area contributed by atoms with Crippen LogP contribution >= 0.6 is 0 Å². The molecule has 0 aromatic heterocycles. The summed E-state index contributed by atoms with van der Waals surface area (Å²) in [5.41, 5.74) is 0. The highest BCUT2D eigenvalue weighted by atomic mass is 16.1. The highest BCUT2D eigenvalue weighted by Crippen LogP contribution is 2.12. The number of rotatable bonds is 4. The number of hydrogen-bond acceptors (Lipinski definition) is 1. The molecule has 0 aliphatic heterocycles. The van der Waals surface area contributed by atoms with Gasteiger partial charge >= 0.3 is 0 Å². The lowest BCUT2D eigenvalue weighted by molar-refractivity contribution is -0.125. The van der Waals surface area contributed by atoms with Crippen LogP contribution in [0.25, 0.3) is 0 Å². The number of carbonyl (C=O) groups is 1. The van der Waals surface area contributed by atoms with Crippen molar-refractivity contribution in [3.8, 4) is 0 Å². The van der Waals surface area contributed by atoms with E-state index in [0.717, 1.165) is 0 Å². The van der Waals surface area contributed by atoms with Crippen molar-refractivity contribution in [3.63, 3.8) is 0 Å². The predicted molar refractivity (Wildman–Crippen MR) is 56.4 cm³/mol. The second-order valence-electron chi connectivity index (χ2n) is 4.68. The van der Waals surface area contributed by atoms with E-state index in [1.54, 1.807) is 0 Å². The zero-order valence-electron chi connectivity index (χ0n) is 9.72. The maximum Gasteiger partial charge on any atom is 0.222 e. The molecule has 0 aliphatic rings. The van der Waals surface area contributed by atoms with Crippen molar-refractivity contribution in [2.75, 3.05) is 0 Å². The molecule has 2 nitrogen and oxygen atoms in total. The molecule has 0 saturated carbocycles. The molecular formula is C11H23NO. The van der Waals surface area contributed by atoms with Gasteiger partial charge in [-0.3, -0.25) is 4.79 Å². The molecule has 78 valence electrons. The van der Waals surface area contributed by atoms with Crippen LogP contribution in [0.5, 0.6) is 0 Å². The van der Waals surface area contributed by atoms with E-state index in [0.29, 0.717) is 17.9 Å². The van der Waals surface area contributed by atoms with Gasteiger partial charge in [0.1, 0.15) is 0 Å². The van der Waals surface area contributed by atoms with Crippen molar-refractivity contribution < 1.29 is 4.79 Å². The lowest BCUT2D eigenvalue weighted by Crippen LogP contribution is -2.43. The van der Waals surface area contributed by atoms with Crippen LogP contribution in [0, 0.1) is 17.8 Å². The predicted octanol–water partition coefficient (Wildman–Crippen LogP) is 2.44. The molecular weight excluding hydrogens is 162 g/mol. The molecule has 0 rings (SSSR count). The van der Waals surface area contributed by atoms with Gasteiger partial charge in [0.2, 0.25) is 5.91 Å². The standard InChI is InChI=1S/C11H23NO/c1-7(2)10(8(3)4)12-11(13)9(5)6/h7-10H,1-6H3,(H,12,13). The molecule has 0 saturated heterocycles. The van der Waals surface area contributed by atoms with Crippen molar-refractivity contribution in [3.05, 3.63) is 0 Å². The van der Waals surface area contributed by atoms with Crippen LogP contribution in [0.15, 0.2) is 0 Å². The summed E-state index contributed by atoms with van der Waals surface area (Å²) in [6, 6.07) is 0.301. The first-order valence-corrected chi connectivity index (χ1v) is 5.16. The average molecular weight is 185 g/mol. The van der Waals surface area contributed by atoms with E-state index in [1.807, 2.05) is 13.8 Å². The topological polar surface area (TPSA) is 29.1 Å². The summed E-state index contributed by atoms with van der Waals surface area (Å²) in [6.45, 7) is 12.4. The van der Waals surface area contributed by atoms with E-state index in [2.05, 4.69) is 33.0 Å². The van der Waals surface area contributed by atoms with Gasteiger partial charge in [-0.1, -0.05) is 41.5 Å². The third kappa shape index (κ3) is 4.30. The summed E-state index contributed by atoms with van der Waals surface area (Å²) in [4.78, 5) is 11.5. The Hall–Kier alpha value is -0.530. The molecule has 0 aromatic rings. The SMILES string of the molecule is CC(C)C(=O)NC(C(C)C)C(C)C. The summed E-state index contributed by atoms with van der Waals surface area (Å²) < 4.78 is 0. The first-order chi connectivity index (χ1) is 5.86. The van der Waals surface area contributed by atoms with E-state index in [1.165, 1.54) is 0 Å². The van der Waals surface area contributed by atoms with Crippen LogP contribution in [0.2, 0.25) is 0 Å².